The fourth-order valence-corrected chi connectivity index (χ4v) is 3.60. The van der Waals surface area contributed by atoms with Crippen LogP contribution in [0.15, 0.2) is 36.9 Å². The number of imidazole rings is 1. The van der Waals surface area contributed by atoms with Gasteiger partial charge in [0.15, 0.2) is 23.0 Å². The fraction of sp³-hybridized carbons (Fsp3) is 0.263. The Labute approximate surface area is 180 Å². The lowest BCUT2D eigenvalue weighted by Crippen LogP contribution is -2.24. The molecule has 1 aliphatic heterocycles. The Kier molecular flexibility index (Phi) is 5.55. The summed E-state index contributed by atoms with van der Waals surface area (Å²) in [6, 6.07) is 1.84. The lowest BCUT2D eigenvalue weighted by atomic mass is 10.1. The monoisotopic (exact) mass is 440 g/mol. The van der Waals surface area contributed by atoms with Crippen LogP contribution in [0, 0.1) is 10.1 Å². The van der Waals surface area contributed by atoms with Crippen molar-refractivity contribution >= 4 is 28.6 Å². The van der Waals surface area contributed by atoms with E-state index in [1.807, 2.05) is 10.6 Å². The van der Waals surface area contributed by atoms with Gasteiger partial charge in [0.1, 0.15) is 11.8 Å². The number of nitro groups is 1. The molecule has 166 valence electrons. The first-order valence-corrected chi connectivity index (χ1v) is 9.66. The predicted molar refractivity (Wildman–Crippen MR) is 113 cm³/mol. The van der Waals surface area contributed by atoms with Crippen molar-refractivity contribution in [3.63, 3.8) is 0 Å². The predicted octanol–water partition coefficient (Wildman–Crippen LogP) is 0.617. The number of benzene rings is 1. The van der Waals surface area contributed by atoms with Gasteiger partial charge >= 0.3 is 0 Å². The maximum atomic E-state index is 12.3. The van der Waals surface area contributed by atoms with E-state index >= 15 is 0 Å². The van der Waals surface area contributed by atoms with Crippen molar-refractivity contribution in [2.24, 2.45) is 0 Å². The number of phenols is 2. The highest BCUT2D eigenvalue weighted by molar-refractivity contribution is 5.98. The van der Waals surface area contributed by atoms with E-state index in [4.69, 9.17) is 5.73 Å². The number of aromatic hydroxyl groups is 2. The second-order valence-electron chi connectivity index (χ2n) is 7.24. The molecular weight excluding hydrogens is 420 g/mol. The van der Waals surface area contributed by atoms with Crippen LogP contribution in [0.25, 0.3) is 11.2 Å². The number of carbonyl (C=O) groups is 1. The SMILES string of the molecule is Nc1ncnc2c1ncn2[C@@H]1CN[C@H](/C=C/CNC(=O)c2cc([N+](=O)[O-])cc(O)c2O)C1. The normalized spacial score (nSPS) is 18.4. The largest absolute Gasteiger partial charge is 0.504 e. The van der Waals surface area contributed by atoms with Gasteiger partial charge in [-0.25, -0.2) is 15.0 Å². The summed E-state index contributed by atoms with van der Waals surface area (Å²) in [6.07, 6.45) is 7.48. The van der Waals surface area contributed by atoms with E-state index in [2.05, 4.69) is 25.6 Å². The molecule has 2 atom stereocenters. The number of nitrogens with zero attached hydrogens (tertiary/aromatic N) is 5. The molecule has 3 aromatic rings. The van der Waals surface area contributed by atoms with Crippen LogP contribution in [0.2, 0.25) is 0 Å². The van der Waals surface area contributed by atoms with Crippen LogP contribution in [0.5, 0.6) is 11.5 Å². The molecule has 0 spiro atoms. The maximum Gasteiger partial charge on any atom is 0.274 e. The zero-order chi connectivity index (χ0) is 22.8. The summed E-state index contributed by atoms with van der Waals surface area (Å²) >= 11 is 0. The number of phenolic OH excluding ortho intramolecular Hbond substituents is 2. The summed E-state index contributed by atoms with van der Waals surface area (Å²) in [7, 11) is 0. The summed E-state index contributed by atoms with van der Waals surface area (Å²) in [6.45, 7) is 0.819. The minimum absolute atomic E-state index is 0.0452. The van der Waals surface area contributed by atoms with E-state index in [-0.39, 0.29) is 24.2 Å². The topological polar surface area (TPSA) is 194 Å². The highest BCUT2D eigenvalue weighted by Crippen LogP contribution is 2.33. The van der Waals surface area contributed by atoms with Crippen LogP contribution in [-0.4, -0.2) is 59.7 Å². The number of amides is 1. The molecule has 13 nitrogen and oxygen atoms in total. The highest BCUT2D eigenvalue weighted by atomic mass is 16.6. The molecule has 1 amide bonds. The van der Waals surface area contributed by atoms with E-state index in [1.54, 1.807) is 12.4 Å². The second-order valence-corrected chi connectivity index (χ2v) is 7.24. The molecule has 0 aliphatic carbocycles. The van der Waals surface area contributed by atoms with E-state index in [9.17, 15) is 25.1 Å². The van der Waals surface area contributed by atoms with Crippen LogP contribution < -0.4 is 16.4 Å². The van der Waals surface area contributed by atoms with Crippen LogP contribution in [-0.2, 0) is 0 Å². The average Bonchev–Trinajstić information content (AvgIpc) is 3.40. The first-order chi connectivity index (χ1) is 15.3. The van der Waals surface area contributed by atoms with Crippen molar-refractivity contribution in [3.05, 3.63) is 52.6 Å². The van der Waals surface area contributed by atoms with Crippen molar-refractivity contribution in [1.29, 1.82) is 0 Å². The second kappa shape index (κ2) is 8.47. The van der Waals surface area contributed by atoms with Gasteiger partial charge in [0.05, 0.1) is 28.9 Å². The number of hydrogen-bond donors (Lipinski definition) is 5. The lowest BCUT2D eigenvalue weighted by molar-refractivity contribution is -0.385. The molecule has 13 heteroatoms. The number of nitrogens with one attached hydrogen (secondary N) is 2. The zero-order valence-electron chi connectivity index (χ0n) is 16.7. The number of nitrogens with two attached hydrogens (primary N) is 1. The Balaban J connectivity index is 1.35. The van der Waals surface area contributed by atoms with Crippen LogP contribution in [0.1, 0.15) is 22.8 Å². The van der Waals surface area contributed by atoms with Crippen LogP contribution in [0.3, 0.4) is 0 Å². The van der Waals surface area contributed by atoms with Gasteiger partial charge in [-0.05, 0) is 6.42 Å². The fourth-order valence-electron chi connectivity index (χ4n) is 3.60. The highest BCUT2D eigenvalue weighted by Gasteiger charge is 2.26. The van der Waals surface area contributed by atoms with E-state index in [1.165, 1.54) is 6.33 Å². The van der Waals surface area contributed by atoms with Gasteiger partial charge in [0.2, 0.25) is 0 Å². The molecule has 32 heavy (non-hydrogen) atoms. The Bertz CT molecular complexity index is 1220. The number of nitrogen functional groups attached to an aromatic ring is 1. The number of anilines is 1. The molecule has 6 N–H and O–H groups in total. The minimum Gasteiger partial charge on any atom is -0.504 e. The van der Waals surface area contributed by atoms with Gasteiger partial charge in [0.25, 0.3) is 11.6 Å². The molecule has 2 aromatic heterocycles. The quantitative estimate of drug-likeness (QED) is 0.157. The van der Waals surface area contributed by atoms with Gasteiger partial charge in [-0.3, -0.25) is 14.9 Å². The molecule has 1 fully saturated rings. The summed E-state index contributed by atoms with van der Waals surface area (Å²) in [4.78, 5) is 34.9. The third-order valence-electron chi connectivity index (χ3n) is 5.20. The molecule has 0 bridgehead atoms. The molecule has 4 rings (SSSR count). The Morgan fingerprint density at radius 3 is 2.97 bits per heavy atom. The molecule has 3 heterocycles. The van der Waals surface area contributed by atoms with Crippen LogP contribution >= 0.6 is 0 Å². The molecule has 0 saturated carbocycles. The summed E-state index contributed by atoms with van der Waals surface area (Å²) in [5.41, 5.74) is 6.18. The van der Waals surface area contributed by atoms with E-state index in [0.29, 0.717) is 23.5 Å². The molecule has 0 unspecified atom stereocenters. The standard InChI is InChI=1S/C19H20N8O5/c20-17-15-18(24-8-23-17)26(9-25-15)12-4-10(22-7-12)2-1-3-21-19(30)13-5-11(27(31)32)6-14(28)16(13)29/h1-2,5-6,8-10,12,22,28-29H,3-4,7H2,(H,21,30)(H2,20,23,24)/b2-1+/t10-,12+/m1/s1. The van der Waals surface area contributed by atoms with Crippen molar-refractivity contribution in [1.82, 2.24) is 30.2 Å². The van der Waals surface area contributed by atoms with Crippen molar-refractivity contribution in [2.45, 2.75) is 18.5 Å². The molecule has 1 aromatic carbocycles. The van der Waals surface area contributed by atoms with Gasteiger partial charge in [0, 0.05) is 25.2 Å². The van der Waals surface area contributed by atoms with Gasteiger partial charge < -0.3 is 31.1 Å². The molecule has 1 saturated heterocycles. The van der Waals surface area contributed by atoms with Gasteiger partial charge in [-0.2, -0.15) is 0 Å². The first-order valence-electron chi connectivity index (χ1n) is 9.66. The Morgan fingerprint density at radius 1 is 1.38 bits per heavy atom. The Hall–Kier alpha value is -4.26. The number of hydrogen-bond acceptors (Lipinski definition) is 10. The first kappa shape index (κ1) is 21.0. The van der Waals surface area contributed by atoms with E-state index in [0.717, 1.165) is 18.6 Å². The average molecular weight is 440 g/mol. The van der Waals surface area contributed by atoms with E-state index < -0.39 is 28.0 Å². The number of nitro benzene ring substituents is 1. The number of rotatable bonds is 6. The van der Waals surface area contributed by atoms with Gasteiger partial charge in [-0.15, -0.1) is 0 Å². The van der Waals surface area contributed by atoms with Crippen molar-refractivity contribution < 1.29 is 19.9 Å². The third kappa shape index (κ3) is 4.00. The zero-order valence-corrected chi connectivity index (χ0v) is 16.7. The summed E-state index contributed by atoms with van der Waals surface area (Å²) in [5.74, 6) is -1.87. The molecular formula is C19H20N8O5. The number of fused-ring (bicyclic) bond motifs is 1. The summed E-state index contributed by atoms with van der Waals surface area (Å²) in [5, 5.41) is 36.2. The van der Waals surface area contributed by atoms with Crippen LogP contribution in [0.4, 0.5) is 11.5 Å². The number of carbonyl (C=O) groups excluding carboxylic acids is 1. The third-order valence-corrected chi connectivity index (χ3v) is 5.20. The Morgan fingerprint density at radius 2 is 2.19 bits per heavy atom. The smallest absolute Gasteiger partial charge is 0.274 e. The molecule has 0 radical (unpaired) electrons. The van der Waals surface area contributed by atoms with Gasteiger partial charge in [-0.1, -0.05) is 12.2 Å². The number of non-ortho nitro benzene ring substituents is 1. The lowest BCUT2D eigenvalue weighted by Gasteiger charge is -2.11. The summed E-state index contributed by atoms with van der Waals surface area (Å²) < 4.78 is 1.95. The number of aromatic nitrogens is 4. The van der Waals surface area contributed by atoms with Crippen molar-refractivity contribution in [2.75, 3.05) is 18.8 Å². The van der Waals surface area contributed by atoms with Crippen molar-refractivity contribution in [3.8, 4) is 11.5 Å². The minimum atomic E-state index is -0.762. The maximum absolute atomic E-state index is 12.3. The molecule has 1 aliphatic rings.